The number of rotatable bonds is 46. The van der Waals surface area contributed by atoms with Gasteiger partial charge in [-0.15, -0.1) is 0 Å². The predicted molar refractivity (Wildman–Crippen MR) is 306 cm³/mol. The van der Waals surface area contributed by atoms with E-state index in [-0.39, 0.29) is 86.0 Å². The third kappa shape index (κ3) is 39.4. The fourth-order valence-electron chi connectivity index (χ4n) is 8.54. The van der Waals surface area contributed by atoms with Gasteiger partial charge >= 0.3 is 61.6 Å². The number of carbonyl (C=O) groups is 4. The van der Waals surface area contributed by atoms with Crippen molar-refractivity contribution in [2.75, 3.05) is 26.4 Å². The van der Waals surface area contributed by atoms with Crippen LogP contribution in [0, 0.1) is 0 Å². The van der Waals surface area contributed by atoms with E-state index in [0.29, 0.717) is 13.2 Å². The number of esters is 4. The predicted octanol–water partition coefficient (Wildman–Crippen LogP) is 14.8. The third-order valence-corrected chi connectivity index (χ3v) is 16.1. The molecule has 0 aromatic heterocycles. The van der Waals surface area contributed by atoms with Crippen molar-refractivity contribution in [1.82, 2.24) is 0 Å². The average molecular weight is 1150 g/mol. The summed E-state index contributed by atoms with van der Waals surface area (Å²) in [4.78, 5) is 49.7. The van der Waals surface area contributed by atoms with E-state index in [0.717, 1.165) is 38.5 Å². The van der Waals surface area contributed by atoms with E-state index < -0.39 is 54.6 Å². The molecule has 0 radical (unpaired) electrons. The number of carbonyl (C=O) groups excluding carboxylic acids is 4. The summed E-state index contributed by atoms with van der Waals surface area (Å²) >= 11 is 0. The van der Waals surface area contributed by atoms with Crippen molar-refractivity contribution in [1.29, 1.82) is 0 Å². The van der Waals surface area contributed by atoms with Gasteiger partial charge in [0.2, 0.25) is 0 Å². The van der Waals surface area contributed by atoms with Crippen LogP contribution in [0.3, 0.4) is 0 Å². The first-order chi connectivity index (χ1) is 36.5. The van der Waals surface area contributed by atoms with Crippen molar-refractivity contribution in [2.24, 2.45) is 0 Å². The number of hydrogen-bond acceptors (Lipinski definition) is 14. The minimum absolute atomic E-state index is 0. The summed E-state index contributed by atoms with van der Waals surface area (Å²) in [5, 5.41) is -2.31. The summed E-state index contributed by atoms with van der Waals surface area (Å²) in [7, 11) is -8.87. The summed E-state index contributed by atoms with van der Waals surface area (Å²) in [6, 6.07) is 12.4. The zero-order chi connectivity index (χ0) is 56.1. The van der Waals surface area contributed by atoms with Gasteiger partial charge in [-0.3, -0.25) is 0 Å². The quantitative estimate of drug-likeness (QED) is 0.0198. The SMILES string of the molecule is CCCCCCCCCCCCCCCCCCOC(=O)c1ccccc1C(=O)OCCC(C)S(=O)(=O)[O-].CCCCCCCCCCCCCCCCCCOC(=O)c1ccccc1C(=O)OCCC(C)S(=O)(=O)[O-].[Ca+2]. The molecule has 0 heterocycles. The van der Waals surface area contributed by atoms with Crippen LogP contribution in [0.5, 0.6) is 0 Å². The van der Waals surface area contributed by atoms with Gasteiger partial charge in [0.1, 0.15) is 0 Å². The van der Waals surface area contributed by atoms with Crippen LogP contribution in [0.2, 0.25) is 0 Å². The van der Waals surface area contributed by atoms with Gasteiger partial charge in [0.05, 0.1) is 68.9 Å². The Morgan fingerprint density at radius 1 is 0.351 bits per heavy atom. The molecular formula is C60H98CaO14S2. The van der Waals surface area contributed by atoms with E-state index in [1.165, 1.54) is 205 Å². The van der Waals surface area contributed by atoms with E-state index in [2.05, 4.69) is 13.8 Å². The maximum absolute atomic E-state index is 12.5. The summed E-state index contributed by atoms with van der Waals surface area (Å²) in [6.07, 6.45) is 40.5. The summed E-state index contributed by atoms with van der Waals surface area (Å²) in [5.74, 6) is -2.69. The Morgan fingerprint density at radius 2 is 0.532 bits per heavy atom. The van der Waals surface area contributed by atoms with Gasteiger partial charge in [-0.2, -0.15) is 0 Å². The number of ether oxygens (including phenoxy) is 4. The number of benzene rings is 2. The van der Waals surface area contributed by atoms with E-state index in [1.54, 1.807) is 24.3 Å². The molecule has 2 aromatic rings. The van der Waals surface area contributed by atoms with E-state index in [9.17, 15) is 45.1 Å². The molecule has 0 fully saturated rings. The normalized spacial score (nSPS) is 12.1. The Morgan fingerprint density at radius 3 is 0.727 bits per heavy atom. The molecule has 14 nitrogen and oxygen atoms in total. The molecule has 0 bridgehead atoms. The zero-order valence-electron chi connectivity index (χ0n) is 47.9. The monoisotopic (exact) mass is 1150 g/mol. The molecule has 0 spiro atoms. The van der Waals surface area contributed by atoms with Gasteiger partial charge in [-0.25, -0.2) is 36.0 Å². The molecule has 0 saturated heterocycles. The van der Waals surface area contributed by atoms with Crippen molar-refractivity contribution < 1.29 is 64.1 Å². The summed E-state index contributed by atoms with van der Waals surface area (Å²) < 4.78 is 86.6. The van der Waals surface area contributed by atoms with Gasteiger partial charge in [0, 0.05) is 10.5 Å². The molecule has 2 unspecified atom stereocenters. The van der Waals surface area contributed by atoms with Crippen molar-refractivity contribution in [2.45, 2.75) is 257 Å². The van der Waals surface area contributed by atoms with Crippen LogP contribution in [-0.4, -0.2) is 124 Å². The Hall–Kier alpha value is -2.60. The largest absolute Gasteiger partial charge is 2.00 e. The van der Waals surface area contributed by atoms with Crippen LogP contribution in [0.15, 0.2) is 48.5 Å². The van der Waals surface area contributed by atoms with Gasteiger partial charge in [-0.05, 0) is 63.8 Å². The first-order valence-corrected chi connectivity index (χ1v) is 32.2. The molecule has 2 aromatic carbocycles. The minimum atomic E-state index is -4.43. The third-order valence-electron chi connectivity index (χ3n) is 13.7. The van der Waals surface area contributed by atoms with Crippen LogP contribution < -0.4 is 0 Å². The summed E-state index contributed by atoms with van der Waals surface area (Å²) in [5.41, 5.74) is 0.334. The second-order valence-corrected chi connectivity index (χ2v) is 24.0. The average Bonchev–Trinajstić information content (AvgIpc) is 3.39. The van der Waals surface area contributed by atoms with Gasteiger partial charge in [0.25, 0.3) is 0 Å². The molecule has 0 N–H and O–H groups in total. The van der Waals surface area contributed by atoms with Crippen LogP contribution in [-0.2, 0) is 39.2 Å². The maximum Gasteiger partial charge on any atom is 2.00 e. The van der Waals surface area contributed by atoms with E-state index >= 15 is 0 Å². The molecule has 2 atom stereocenters. The van der Waals surface area contributed by atoms with Crippen molar-refractivity contribution in [3.05, 3.63) is 70.8 Å². The van der Waals surface area contributed by atoms with E-state index in [1.807, 2.05) is 0 Å². The molecule has 0 aliphatic carbocycles. The van der Waals surface area contributed by atoms with Crippen LogP contribution in [0.4, 0.5) is 0 Å². The van der Waals surface area contributed by atoms with Crippen molar-refractivity contribution in [3.8, 4) is 0 Å². The van der Waals surface area contributed by atoms with Crippen molar-refractivity contribution >= 4 is 81.9 Å². The van der Waals surface area contributed by atoms with Crippen molar-refractivity contribution in [3.63, 3.8) is 0 Å². The first kappa shape index (κ1) is 74.4. The van der Waals surface area contributed by atoms with Crippen LogP contribution >= 0.6 is 0 Å². The Balaban J connectivity index is 0.00000148. The topological polar surface area (TPSA) is 220 Å². The van der Waals surface area contributed by atoms with Gasteiger partial charge in [0.15, 0.2) is 0 Å². The van der Waals surface area contributed by atoms with E-state index in [4.69, 9.17) is 18.9 Å². The summed E-state index contributed by atoms with van der Waals surface area (Å²) in [6.45, 7) is 7.16. The number of hydrogen-bond donors (Lipinski definition) is 0. The second-order valence-electron chi connectivity index (χ2n) is 20.4. The second kappa shape index (κ2) is 48.1. The van der Waals surface area contributed by atoms with Crippen LogP contribution in [0.25, 0.3) is 0 Å². The molecule has 17 heteroatoms. The molecular weight excluding hydrogens is 1050 g/mol. The molecule has 436 valence electrons. The Labute approximate surface area is 495 Å². The standard InChI is InChI=1S/2C30H50O7S.Ca/c2*1-3-4-5-6-7-8-9-10-11-12-13-14-15-16-17-20-24-36-29(31)27-21-18-19-22-28(27)30(32)37-25-23-26(2)38(33,34)35;/h2*18-19,21-22,26H,3-17,20,23-25H2,1-2H3,(H,33,34,35);/q;;+2/p-2. The molecule has 0 amide bonds. The van der Waals surface area contributed by atoms with Gasteiger partial charge in [-0.1, -0.05) is 231 Å². The molecule has 2 rings (SSSR count). The smallest absolute Gasteiger partial charge is 0.748 e. The Kier molecular flexibility index (Phi) is 46.5. The number of unbranched alkanes of at least 4 members (excludes halogenated alkanes) is 30. The molecule has 0 aliphatic heterocycles. The first-order valence-electron chi connectivity index (χ1n) is 29.3. The zero-order valence-corrected chi connectivity index (χ0v) is 51.7. The molecule has 77 heavy (non-hydrogen) atoms. The molecule has 0 aliphatic rings. The van der Waals surface area contributed by atoms with Crippen LogP contribution in [0.1, 0.15) is 287 Å². The minimum Gasteiger partial charge on any atom is -0.748 e. The fraction of sp³-hybridized carbons (Fsp3) is 0.733. The van der Waals surface area contributed by atoms with Gasteiger partial charge < -0.3 is 28.1 Å². The maximum atomic E-state index is 12.5. The molecule has 0 saturated carbocycles. The Bertz CT molecular complexity index is 1920. The fourth-order valence-corrected chi connectivity index (χ4v) is 9.31.